The minimum atomic E-state index is -0.882. The third-order valence-corrected chi connectivity index (χ3v) is 2.79. The Labute approximate surface area is 123 Å². The molecule has 0 saturated heterocycles. The Morgan fingerprint density at radius 2 is 1.52 bits per heavy atom. The number of carboxylic acids is 3. The number of carbonyl (C=O) groups is 3. The molecule has 0 saturated carbocycles. The zero-order chi connectivity index (χ0) is 16.5. The minimum absolute atomic E-state index is 0.0384. The summed E-state index contributed by atoms with van der Waals surface area (Å²) in [6, 6.07) is 8.30. The van der Waals surface area contributed by atoms with Crippen LogP contribution in [0.2, 0.25) is 0 Å². The maximum absolute atomic E-state index is 10.5. The van der Waals surface area contributed by atoms with Gasteiger partial charge in [-0.15, -0.1) is 0 Å². The molecule has 0 aliphatic heterocycles. The largest absolute Gasteiger partial charge is 0.481 e. The van der Waals surface area contributed by atoms with Gasteiger partial charge in [0.15, 0.2) is 0 Å². The molecule has 3 N–H and O–H groups in total. The fraction of sp³-hybridized carbons (Fsp3) is 0.400. The predicted molar refractivity (Wildman–Crippen MR) is 76.3 cm³/mol. The van der Waals surface area contributed by atoms with E-state index >= 15 is 0 Å². The van der Waals surface area contributed by atoms with Crippen molar-refractivity contribution in [1.29, 1.82) is 0 Å². The van der Waals surface area contributed by atoms with Gasteiger partial charge in [-0.3, -0.25) is 9.59 Å². The SMILES string of the molecule is CC(C)(CCCC(=O)O)C(=O)O.O=C(O)c1ccccc1. The normalized spacial score (nSPS) is 10.2. The molecule has 6 nitrogen and oxygen atoms in total. The van der Waals surface area contributed by atoms with Gasteiger partial charge in [-0.2, -0.15) is 0 Å². The van der Waals surface area contributed by atoms with Crippen molar-refractivity contribution in [2.24, 2.45) is 5.41 Å². The molecule has 0 spiro atoms. The van der Waals surface area contributed by atoms with Gasteiger partial charge in [-0.1, -0.05) is 18.2 Å². The van der Waals surface area contributed by atoms with Crippen molar-refractivity contribution >= 4 is 17.9 Å². The molecule has 0 aromatic heterocycles. The van der Waals surface area contributed by atoms with Gasteiger partial charge in [-0.25, -0.2) is 4.79 Å². The average molecular weight is 296 g/mol. The number of carboxylic acid groups (broad SMARTS) is 3. The molecule has 0 bridgehead atoms. The molecule has 0 amide bonds. The lowest BCUT2D eigenvalue weighted by Crippen LogP contribution is -2.23. The molecule has 0 atom stereocenters. The second kappa shape index (κ2) is 8.73. The van der Waals surface area contributed by atoms with Crippen LogP contribution in [0.5, 0.6) is 0 Å². The summed E-state index contributed by atoms with van der Waals surface area (Å²) in [6.07, 6.45) is 0.847. The van der Waals surface area contributed by atoms with Gasteiger partial charge < -0.3 is 15.3 Å². The Morgan fingerprint density at radius 1 is 1.00 bits per heavy atom. The van der Waals surface area contributed by atoms with Crippen LogP contribution in [0.4, 0.5) is 0 Å². The second-order valence-electron chi connectivity index (χ2n) is 5.11. The van der Waals surface area contributed by atoms with Gasteiger partial charge in [0.25, 0.3) is 0 Å². The first kappa shape index (κ1) is 18.6. The molecule has 0 aliphatic rings. The zero-order valence-electron chi connectivity index (χ0n) is 12.1. The Kier molecular flexibility index (Phi) is 7.75. The highest BCUT2D eigenvalue weighted by Gasteiger charge is 2.26. The monoisotopic (exact) mass is 296 g/mol. The highest BCUT2D eigenvalue weighted by molar-refractivity contribution is 5.87. The van der Waals surface area contributed by atoms with Gasteiger partial charge in [0.2, 0.25) is 0 Å². The summed E-state index contributed by atoms with van der Waals surface area (Å²) in [5.74, 6) is -2.64. The first-order chi connectivity index (χ1) is 9.66. The van der Waals surface area contributed by atoms with Crippen LogP contribution in [0.25, 0.3) is 0 Å². The van der Waals surface area contributed by atoms with Gasteiger partial charge >= 0.3 is 17.9 Å². The number of aromatic carboxylic acids is 1. The molecule has 0 radical (unpaired) electrons. The fourth-order valence-electron chi connectivity index (χ4n) is 1.37. The molecule has 21 heavy (non-hydrogen) atoms. The zero-order valence-corrected chi connectivity index (χ0v) is 12.1. The average Bonchev–Trinajstić information content (AvgIpc) is 2.39. The molecule has 1 aromatic rings. The van der Waals surface area contributed by atoms with Crippen LogP contribution in [0.1, 0.15) is 43.5 Å². The van der Waals surface area contributed by atoms with Crippen LogP contribution in [0.15, 0.2) is 30.3 Å². The number of hydrogen-bond acceptors (Lipinski definition) is 3. The van der Waals surface area contributed by atoms with E-state index < -0.39 is 23.3 Å². The molecular formula is C15H20O6. The molecule has 0 fully saturated rings. The predicted octanol–water partition coefficient (Wildman–Crippen LogP) is 2.74. The number of hydrogen-bond donors (Lipinski definition) is 3. The molecule has 1 aromatic carbocycles. The summed E-state index contributed by atoms with van der Waals surface area (Å²) < 4.78 is 0. The van der Waals surface area contributed by atoms with Crippen molar-refractivity contribution in [3.05, 3.63) is 35.9 Å². The Hall–Kier alpha value is -2.37. The Balaban J connectivity index is 0.000000394. The summed E-state index contributed by atoms with van der Waals surface area (Å²) in [4.78, 5) is 30.9. The van der Waals surface area contributed by atoms with Crippen molar-refractivity contribution in [2.45, 2.75) is 33.1 Å². The number of benzene rings is 1. The molecule has 1 rings (SSSR count). The summed E-state index contributed by atoms with van der Waals surface area (Å²) in [5, 5.41) is 25.3. The van der Waals surface area contributed by atoms with Crippen LogP contribution in [0.3, 0.4) is 0 Å². The number of aliphatic carboxylic acids is 2. The third kappa shape index (κ3) is 8.41. The van der Waals surface area contributed by atoms with Gasteiger partial charge in [-0.05, 0) is 38.8 Å². The van der Waals surface area contributed by atoms with E-state index in [1.807, 2.05) is 0 Å². The maximum atomic E-state index is 10.5. The molecular weight excluding hydrogens is 276 g/mol. The van der Waals surface area contributed by atoms with Crippen molar-refractivity contribution in [2.75, 3.05) is 0 Å². The minimum Gasteiger partial charge on any atom is -0.481 e. The Bertz CT molecular complexity index is 478. The van der Waals surface area contributed by atoms with E-state index in [2.05, 4.69) is 0 Å². The summed E-state index contributed by atoms with van der Waals surface area (Å²) in [5.41, 5.74) is -0.479. The van der Waals surface area contributed by atoms with E-state index in [0.29, 0.717) is 18.4 Å². The topological polar surface area (TPSA) is 112 Å². The van der Waals surface area contributed by atoms with Crippen molar-refractivity contribution in [3.63, 3.8) is 0 Å². The van der Waals surface area contributed by atoms with Gasteiger partial charge in [0.05, 0.1) is 11.0 Å². The lowest BCUT2D eigenvalue weighted by molar-refractivity contribution is -0.148. The van der Waals surface area contributed by atoms with E-state index in [1.54, 1.807) is 44.2 Å². The maximum Gasteiger partial charge on any atom is 0.335 e. The molecule has 0 unspecified atom stereocenters. The second-order valence-corrected chi connectivity index (χ2v) is 5.11. The fourth-order valence-corrected chi connectivity index (χ4v) is 1.37. The summed E-state index contributed by atoms with van der Waals surface area (Å²) in [7, 11) is 0. The highest BCUT2D eigenvalue weighted by atomic mass is 16.4. The lowest BCUT2D eigenvalue weighted by atomic mass is 9.87. The van der Waals surface area contributed by atoms with Crippen LogP contribution in [0, 0.1) is 5.41 Å². The Morgan fingerprint density at radius 3 is 1.86 bits per heavy atom. The van der Waals surface area contributed by atoms with E-state index in [1.165, 1.54) is 0 Å². The highest BCUT2D eigenvalue weighted by Crippen LogP contribution is 2.22. The molecule has 116 valence electrons. The molecule has 6 heteroatoms. The molecule has 0 heterocycles. The first-order valence-corrected chi connectivity index (χ1v) is 6.40. The molecule has 0 aliphatic carbocycles. The quantitative estimate of drug-likeness (QED) is 0.744. The van der Waals surface area contributed by atoms with Crippen LogP contribution >= 0.6 is 0 Å². The van der Waals surface area contributed by atoms with Crippen LogP contribution in [-0.4, -0.2) is 33.2 Å². The van der Waals surface area contributed by atoms with Crippen LogP contribution in [-0.2, 0) is 9.59 Å². The lowest BCUT2D eigenvalue weighted by Gasteiger charge is -2.17. The van der Waals surface area contributed by atoms with Crippen molar-refractivity contribution in [1.82, 2.24) is 0 Å². The summed E-state index contributed by atoms with van der Waals surface area (Å²) >= 11 is 0. The van der Waals surface area contributed by atoms with E-state index in [9.17, 15) is 14.4 Å². The van der Waals surface area contributed by atoms with Crippen molar-refractivity contribution < 1.29 is 29.7 Å². The first-order valence-electron chi connectivity index (χ1n) is 6.40. The standard InChI is InChI=1S/C8H14O4.C7H6O2/c1-8(2,7(11)12)5-3-4-6(9)10;8-7(9)6-4-2-1-3-5-6/h3-5H2,1-2H3,(H,9,10)(H,11,12);1-5H,(H,8,9). The van der Waals surface area contributed by atoms with Gasteiger partial charge in [0.1, 0.15) is 0 Å². The third-order valence-electron chi connectivity index (χ3n) is 2.79. The van der Waals surface area contributed by atoms with E-state index in [0.717, 1.165) is 0 Å². The smallest absolute Gasteiger partial charge is 0.335 e. The van der Waals surface area contributed by atoms with Crippen molar-refractivity contribution in [3.8, 4) is 0 Å². The van der Waals surface area contributed by atoms with Crippen LogP contribution < -0.4 is 0 Å². The van der Waals surface area contributed by atoms with E-state index in [4.69, 9.17) is 15.3 Å². The summed E-state index contributed by atoms with van der Waals surface area (Å²) in [6.45, 7) is 3.19. The van der Waals surface area contributed by atoms with E-state index in [-0.39, 0.29) is 6.42 Å². The number of rotatable bonds is 6. The van der Waals surface area contributed by atoms with Gasteiger partial charge in [0, 0.05) is 6.42 Å².